The summed E-state index contributed by atoms with van der Waals surface area (Å²) in [5, 5.41) is 9.62. The molecule has 0 spiro atoms. The number of halogens is 3. The third kappa shape index (κ3) is 3.36. The van der Waals surface area contributed by atoms with Gasteiger partial charge in [-0.1, -0.05) is 15.9 Å². The second-order valence-electron chi connectivity index (χ2n) is 3.19. The van der Waals surface area contributed by atoms with Gasteiger partial charge in [-0.2, -0.15) is 0 Å². The standard InChI is InChI=1S/C10H10BrF2NO3/c1-17-8(16)3-6-5(4-11)2-7(15)9(14-6)10(12)13/h2,10,15H,3-4H2,1H3. The quantitative estimate of drug-likeness (QED) is 0.685. The zero-order valence-corrected chi connectivity index (χ0v) is 10.5. The maximum atomic E-state index is 12.5. The summed E-state index contributed by atoms with van der Waals surface area (Å²) in [6.07, 6.45) is -3.10. The Labute approximate surface area is 105 Å². The summed E-state index contributed by atoms with van der Waals surface area (Å²) in [7, 11) is 1.20. The summed E-state index contributed by atoms with van der Waals surface area (Å²) >= 11 is 3.13. The van der Waals surface area contributed by atoms with E-state index in [4.69, 9.17) is 0 Å². The number of nitrogens with zero attached hydrogens (tertiary/aromatic N) is 1. The van der Waals surface area contributed by atoms with Gasteiger partial charge in [-0.3, -0.25) is 4.79 Å². The molecule has 1 heterocycles. The van der Waals surface area contributed by atoms with Gasteiger partial charge in [0, 0.05) is 5.33 Å². The first-order chi connectivity index (χ1) is 7.99. The number of carbonyl (C=O) groups excluding carboxylic acids is 1. The maximum absolute atomic E-state index is 12.5. The summed E-state index contributed by atoms with van der Waals surface area (Å²) in [6, 6.07) is 1.17. The molecule has 1 aromatic heterocycles. The summed E-state index contributed by atoms with van der Waals surface area (Å²) in [6.45, 7) is 0. The van der Waals surface area contributed by atoms with Gasteiger partial charge in [0.2, 0.25) is 0 Å². The molecule has 0 fully saturated rings. The van der Waals surface area contributed by atoms with Crippen molar-refractivity contribution in [2.45, 2.75) is 18.2 Å². The van der Waals surface area contributed by atoms with Crippen molar-refractivity contribution in [1.82, 2.24) is 4.98 Å². The van der Waals surface area contributed by atoms with Crippen LogP contribution < -0.4 is 0 Å². The van der Waals surface area contributed by atoms with Gasteiger partial charge in [-0.05, 0) is 11.6 Å². The van der Waals surface area contributed by atoms with E-state index in [2.05, 4.69) is 25.7 Å². The Kier molecular flexibility index (Phi) is 4.80. The van der Waals surface area contributed by atoms with E-state index < -0.39 is 23.8 Å². The SMILES string of the molecule is COC(=O)Cc1nc(C(F)F)c(O)cc1CBr. The molecule has 0 saturated heterocycles. The Bertz CT molecular complexity index is 426. The van der Waals surface area contributed by atoms with E-state index in [-0.39, 0.29) is 12.1 Å². The molecule has 0 aliphatic rings. The predicted octanol–water partition coefficient (Wildman–Crippen LogP) is 2.34. The first-order valence-corrected chi connectivity index (χ1v) is 5.74. The summed E-state index contributed by atoms with van der Waals surface area (Å²) in [4.78, 5) is 14.7. The maximum Gasteiger partial charge on any atom is 0.311 e. The number of carbonyl (C=O) groups is 1. The van der Waals surface area contributed by atoms with Crippen LogP contribution in [-0.4, -0.2) is 23.2 Å². The number of rotatable bonds is 4. The first kappa shape index (κ1) is 13.8. The molecular formula is C10H10BrF2NO3. The van der Waals surface area contributed by atoms with E-state index in [9.17, 15) is 18.7 Å². The van der Waals surface area contributed by atoms with Gasteiger partial charge >= 0.3 is 5.97 Å². The molecule has 0 amide bonds. The van der Waals surface area contributed by atoms with Crippen LogP contribution in [0, 0.1) is 0 Å². The highest BCUT2D eigenvalue weighted by molar-refractivity contribution is 9.08. The van der Waals surface area contributed by atoms with Gasteiger partial charge in [-0.25, -0.2) is 13.8 Å². The highest BCUT2D eigenvalue weighted by atomic mass is 79.9. The van der Waals surface area contributed by atoms with Crippen molar-refractivity contribution < 1.29 is 23.4 Å². The second kappa shape index (κ2) is 5.90. The number of hydrogen-bond donors (Lipinski definition) is 1. The summed E-state index contributed by atoms with van der Waals surface area (Å²) in [5.41, 5.74) is -0.0901. The lowest BCUT2D eigenvalue weighted by Crippen LogP contribution is -2.10. The lowest BCUT2D eigenvalue weighted by atomic mass is 10.1. The topological polar surface area (TPSA) is 59.4 Å². The lowest BCUT2D eigenvalue weighted by molar-refractivity contribution is -0.139. The molecule has 0 unspecified atom stereocenters. The predicted molar refractivity (Wildman–Crippen MR) is 59.2 cm³/mol. The van der Waals surface area contributed by atoms with Crippen molar-refractivity contribution in [2.24, 2.45) is 0 Å². The Hall–Kier alpha value is -1.24. The van der Waals surface area contributed by atoms with Crippen molar-refractivity contribution in [1.29, 1.82) is 0 Å². The minimum absolute atomic E-state index is 0.168. The van der Waals surface area contributed by atoms with Gasteiger partial charge in [0.05, 0.1) is 19.2 Å². The van der Waals surface area contributed by atoms with E-state index in [1.165, 1.54) is 13.2 Å². The fourth-order valence-electron chi connectivity index (χ4n) is 1.23. The van der Waals surface area contributed by atoms with Crippen LogP contribution in [0.15, 0.2) is 6.07 Å². The fourth-order valence-corrected chi connectivity index (χ4v) is 1.72. The number of aromatic nitrogens is 1. The number of methoxy groups -OCH3 is 1. The average Bonchev–Trinajstić information content (AvgIpc) is 2.30. The fraction of sp³-hybridized carbons (Fsp3) is 0.400. The molecule has 0 atom stereocenters. The van der Waals surface area contributed by atoms with Crippen LogP contribution >= 0.6 is 15.9 Å². The van der Waals surface area contributed by atoms with Crippen LogP contribution in [0.4, 0.5) is 8.78 Å². The minimum atomic E-state index is -2.89. The van der Waals surface area contributed by atoms with E-state index in [1.807, 2.05) is 0 Å². The molecule has 0 aliphatic heterocycles. The Morgan fingerprint density at radius 3 is 2.76 bits per heavy atom. The molecule has 0 bridgehead atoms. The molecule has 4 nitrogen and oxygen atoms in total. The van der Waals surface area contributed by atoms with Crippen molar-refractivity contribution in [3.8, 4) is 5.75 Å². The third-order valence-corrected chi connectivity index (χ3v) is 2.69. The van der Waals surface area contributed by atoms with Gasteiger partial charge in [-0.15, -0.1) is 0 Å². The number of hydrogen-bond acceptors (Lipinski definition) is 4. The van der Waals surface area contributed by atoms with Crippen molar-refractivity contribution >= 4 is 21.9 Å². The average molecular weight is 310 g/mol. The highest BCUT2D eigenvalue weighted by Gasteiger charge is 2.19. The number of alkyl halides is 3. The molecule has 0 saturated carbocycles. The first-order valence-electron chi connectivity index (χ1n) is 4.62. The number of aromatic hydroxyl groups is 1. The Balaban J connectivity index is 3.16. The molecule has 1 N–H and O–H groups in total. The summed E-state index contributed by atoms with van der Waals surface area (Å²) in [5.74, 6) is -1.16. The minimum Gasteiger partial charge on any atom is -0.506 e. The van der Waals surface area contributed by atoms with Crippen molar-refractivity contribution in [3.63, 3.8) is 0 Å². The van der Waals surface area contributed by atoms with E-state index in [0.29, 0.717) is 10.9 Å². The lowest BCUT2D eigenvalue weighted by Gasteiger charge is -2.10. The number of esters is 1. The molecule has 1 rings (SSSR count). The van der Waals surface area contributed by atoms with E-state index in [1.54, 1.807) is 0 Å². The molecule has 0 aromatic carbocycles. The van der Waals surface area contributed by atoms with Gasteiger partial charge in [0.15, 0.2) is 0 Å². The molecular weight excluding hydrogens is 300 g/mol. The smallest absolute Gasteiger partial charge is 0.311 e. The zero-order chi connectivity index (χ0) is 13.0. The Morgan fingerprint density at radius 1 is 1.65 bits per heavy atom. The van der Waals surface area contributed by atoms with Crippen LogP contribution in [0.3, 0.4) is 0 Å². The largest absolute Gasteiger partial charge is 0.506 e. The van der Waals surface area contributed by atoms with Crippen LogP contribution in [-0.2, 0) is 21.3 Å². The molecule has 7 heteroatoms. The molecule has 0 aliphatic carbocycles. The molecule has 17 heavy (non-hydrogen) atoms. The molecule has 94 valence electrons. The molecule has 0 radical (unpaired) electrons. The van der Waals surface area contributed by atoms with Crippen LogP contribution in [0.5, 0.6) is 5.75 Å². The number of ether oxygens (including phenoxy) is 1. The normalized spacial score (nSPS) is 10.6. The van der Waals surface area contributed by atoms with Crippen LogP contribution in [0.25, 0.3) is 0 Å². The second-order valence-corrected chi connectivity index (χ2v) is 3.75. The molecule has 1 aromatic rings. The highest BCUT2D eigenvalue weighted by Crippen LogP contribution is 2.29. The van der Waals surface area contributed by atoms with Crippen LogP contribution in [0.2, 0.25) is 0 Å². The van der Waals surface area contributed by atoms with E-state index in [0.717, 1.165) is 0 Å². The zero-order valence-electron chi connectivity index (χ0n) is 8.91. The monoisotopic (exact) mass is 309 g/mol. The van der Waals surface area contributed by atoms with Gasteiger partial charge in [0.25, 0.3) is 6.43 Å². The Morgan fingerprint density at radius 2 is 2.29 bits per heavy atom. The van der Waals surface area contributed by atoms with Gasteiger partial charge in [0.1, 0.15) is 11.4 Å². The number of pyridine rings is 1. The van der Waals surface area contributed by atoms with Crippen LogP contribution in [0.1, 0.15) is 23.4 Å². The summed E-state index contributed by atoms with van der Waals surface area (Å²) < 4.78 is 29.5. The van der Waals surface area contributed by atoms with Gasteiger partial charge < -0.3 is 9.84 Å². The van der Waals surface area contributed by atoms with E-state index >= 15 is 0 Å². The van der Waals surface area contributed by atoms with Crippen molar-refractivity contribution in [2.75, 3.05) is 7.11 Å². The van der Waals surface area contributed by atoms with Crippen molar-refractivity contribution in [3.05, 3.63) is 23.0 Å². The third-order valence-electron chi connectivity index (χ3n) is 2.09.